The predicted octanol–water partition coefficient (Wildman–Crippen LogP) is 3.81. The summed E-state index contributed by atoms with van der Waals surface area (Å²) in [5.41, 5.74) is 6.36. The standard InChI is InChI=1S/C17H20N2O2/c1-12-8-14(3)16(9-13(12)2)11-18-10-15-4-6-17(7-5-15)19(20)21/h4-9,18H,10-11H2,1-3H3. The fourth-order valence-electron chi connectivity index (χ4n) is 2.29. The van der Waals surface area contributed by atoms with Crippen molar-refractivity contribution in [2.45, 2.75) is 33.9 Å². The number of rotatable bonds is 5. The Morgan fingerprint density at radius 3 is 2.19 bits per heavy atom. The van der Waals surface area contributed by atoms with E-state index in [0.717, 1.165) is 12.1 Å². The molecule has 4 heteroatoms. The number of nitro benzene ring substituents is 1. The number of aryl methyl sites for hydroxylation is 3. The van der Waals surface area contributed by atoms with E-state index in [4.69, 9.17) is 0 Å². The monoisotopic (exact) mass is 284 g/mol. The highest BCUT2D eigenvalue weighted by atomic mass is 16.6. The third-order valence-electron chi connectivity index (χ3n) is 3.74. The van der Waals surface area contributed by atoms with E-state index < -0.39 is 0 Å². The Morgan fingerprint density at radius 2 is 1.57 bits per heavy atom. The van der Waals surface area contributed by atoms with Crippen LogP contribution in [0.5, 0.6) is 0 Å². The first-order valence-corrected chi connectivity index (χ1v) is 6.98. The third-order valence-corrected chi connectivity index (χ3v) is 3.74. The van der Waals surface area contributed by atoms with E-state index in [9.17, 15) is 10.1 Å². The highest BCUT2D eigenvalue weighted by molar-refractivity contribution is 5.36. The number of hydrogen-bond acceptors (Lipinski definition) is 3. The van der Waals surface area contributed by atoms with Gasteiger partial charge in [-0.2, -0.15) is 0 Å². The molecule has 0 fully saturated rings. The van der Waals surface area contributed by atoms with Gasteiger partial charge in [0.15, 0.2) is 0 Å². The second-order valence-electron chi connectivity index (χ2n) is 5.39. The Bertz CT molecular complexity index is 649. The van der Waals surface area contributed by atoms with Crippen LogP contribution < -0.4 is 5.32 Å². The minimum atomic E-state index is -0.379. The molecular formula is C17H20N2O2. The number of benzene rings is 2. The van der Waals surface area contributed by atoms with Gasteiger partial charge in [-0.15, -0.1) is 0 Å². The molecule has 0 saturated carbocycles. The van der Waals surface area contributed by atoms with Crippen LogP contribution in [0.1, 0.15) is 27.8 Å². The molecule has 2 aromatic rings. The second kappa shape index (κ2) is 6.50. The molecule has 0 aromatic heterocycles. The minimum Gasteiger partial charge on any atom is -0.309 e. The number of nitrogens with zero attached hydrogens (tertiary/aromatic N) is 1. The van der Waals surface area contributed by atoms with Crippen LogP contribution in [0.3, 0.4) is 0 Å². The Labute approximate surface area is 125 Å². The van der Waals surface area contributed by atoms with Crippen molar-refractivity contribution in [2.24, 2.45) is 0 Å². The largest absolute Gasteiger partial charge is 0.309 e. The molecule has 21 heavy (non-hydrogen) atoms. The van der Waals surface area contributed by atoms with Crippen molar-refractivity contribution in [3.05, 3.63) is 74.3 Å². The molecule has 0 aliphatic carbocycles. The summed E-state index contributed by atoms with van der Waals surface area (Å²) in [6.07, 6.45) is 0. The van der Waals surface area contributed by atoms with E-state index in [-0.39, 0.29) is 10.6 Å². The zero-order chi connectivity index (χ0) is 15.4. The van der Waals surface area contributed by atoms with Crippen molar-refractivity contribution in [1.29, 1.82) is 0 Å². The summed E-state index contributed by atoms with van der Waals surface area (Å²) in [7, 11) is 0. The van der Waals surface area contributed by atoms with E-state index >= 15 is 0 Å². The van der Waals surface area contributed by atoms with Gasteiger partial charge in [-0.3, -0.25) is 10.1 Å². The molecule has 0 aliphatic rings. The lowest BCUT2D eigenvalue weighted by Crippen LogP contribution is -2.13. The van der Waals surface area contributed by atoms with E-state index in [1.54, 1.807) is 12.1 Å². The molecule has 0 unspecified atom stereocenters. The average molecular weight is 284 g/mol. The van der Waals surface area contributed by atoms with Gasteiger partial charge in [0, 0.05) is 25.2 Å². The molecule has 0 saturated heterocycles. The summed E-state index contributed by atoms with van der Waals surface area (Å²) < 4.78 is 0. The molecule has 4 nitrogen and oxygen atoms in total. The molecule has 110 valence electrons. The van der Waals surface area contributed by atoms with Crippen molar-refractivity contribution < 1.29 is 4.92 Å². The maximum atomic E-state index is 10.6. The summed E-state index contributed by atoms with van der Waals surface area (Å²) in [6, 6.07) is 11.1. The fourth-order valence-corrected chi connectivity index (χ4v) is 2.29. The van der Waals surface area contributed by atoms with Crippen LogP contribution in [0.4, 0.5) is 5.69 Å². The number of non-ortho nitro benzene ring substituents is 1. The van der Waals surface area contributed by atoms with E-state index in [2.05, 4.69) is 38.2 Å². The third kappa shape index (κ3) is 3.89. The first-order valence-electron chi connectivity index (χ1n) is 6.98. The topological polar surface area (TPSA) is 55.2 Å². The van der Waals surface area contributed by atoms with Crippen molar-refractivity contribution in [2.75, 3.05) is 0 Å². The lowest BCUT2D eigenvalue weighted by atomic mass is 10.0. The van der Waals surface area contributed by atoms with Gasteiger partial charge in [0.25, 0.3) is 5.69 Å². The van der Waals surface area contributed by atoms with Crippen molar-refractivity contribution in [1.82, 2.24) is 5.32 Å². The molecule has 0 bridgehead atoms. The summed E-state index contributed by atoms with van der Waals surface area (Å²) in [6.45, 7) is 7.86. The molecule has 0 amide bonds. The first kappa shape index (κ1) is 15.2. The lowest BCUT2D eigenvalue weighted by molar-refractivity contribution is -0.384. The summed E-state index contributed by atoms with van der Waals surface area (Å²) >= 11 is 0. The number of nitro groups is 1. The Hall–Kier alpha value is -2.20. The van der Waals surface area contributed by atoms with Gasteiger partial charge in [0.05, 0.1) is 4.92 Å². The molecule has 0 aliphatic heterocycles. The molecule has 0 heterocycles. The van der Waals surface area contributed by atoms with Gasteiger partial charge in [-0.1, -0.05) is 24.3 Å². The van der Waals surface area contributed by atoms with Crippen LogP contribution in [-0.4, -0.2) is 4.92 Å². The summed E-state index contributed by atoms with van der Waals surface area (Å²) in [5, 5.41) is 14.0. The van der Waals surface area contributed by atoms with Crippen LogP contribution in [-0.2, 0) is 13.1 Å². The van der Waals surface area contributed by atoms with E-state index in [0.29, 0.717) is 6.54 Å². The molecule has 0 radical (unpaired) electrons. The van der Waals surface area contributed by atoms with Crippen LogP contribution in [0.2, 0.25) is 0 Å². The summed E-state index contributed by atoms with van der Waals surface area (Å²) in [5.74, 6) is 0. The van der Waals surface area contributed by atoms with Crippen LogP contribution in [0, 0.1) is 30.9 Å². The van der Waals surface area contributed by atoms with E-state index in [1.807, 2.05) is 0 Å². The molecule has 1 N–H and O–H groups in total. The number of nitrogens with one attached hydrogen (secondary N) is 1. The SMILES string of the molecule is Cc1cc(C)c(CNCc2ccc([N+](=O)[O-])cc2)cc1C. The zero-order valence-corrected chi connectivity index (χ0v) is 12.6. The smallest absolute Gasteiger partial charge is 0.269 e. The predicted molar refractivity (Wildman–Crippen MR) is 84.3 cm³/mol. The maximum absolute atomic E-state index is 10.6. The van der Waals surface area contributed by atoms with Gasteiger partial charge >= 0.3 is 0 Å². The first-order chi connectivity index (χ1) is 9.97. The maximum Gasteiger partial charge on any atom is 0.269 e. The Kier molecular flexibility index (Phi) is 4.70. The van der Waals surface area contributed by atoms with Crippen LogP contribution in [0.25, 0.3) is 0 Å². The van der Waals surface area contributed by atoms with E-state index in [1.165, 1.54) is 34.4 Å². The van der Waals surface area contributed by atoms with Gasteiger partial charge in [0.2, 0.25) is 0 Å². The van der Waals surface area contributed by atoms with Gasteiger partial charge in [0.1, 0.15) is 0 Å². The van der Waals surface area contributed by atoms with Crippen molar-refractivity contribution in [3.8, 4) is 0 Å². The fraction of sp³-hybridized carbons (Fsp3) is 0.294. The van der Waals surface area contributed by atoms with Gasteiger partial charge < -0.3 is 5.32 Å². The van der Waals surface area contributed by atoms with Crippen LogP contribution in [0.15, 0.2) is 36.4 Å². The lowest BCUT2D eigenvalue weighted by Gasteiger charge is -2.11. The van der Waals surface area contributed by atoms with Crippen molar-refractivity contribution >= 4 is 5.69 Å². The quantitative estimate of drug-likeness (QED) is 0.671. The van der Waals surface area contributed by atoms with Gasteiger partial charge in [-0.05, 0) is 48.6 Å². The molecule has 2 aromatic carbocycles. The number of hydrogen-bond donors (Lipinski definition) is 1. The Morgan fingerprint density at radius 1 is 0.952 bits per heavy atom. The van der Waals surface area contributed by atoms with Gasteiger partial charge in [-0.25, -0.2) is 0 Å². The molecule has 0 spiro atoms. The summed E-state index contributed by atoms with van der Waals surface area (Å²) in [4.78, 5) is 10.2. The van der Waals surface area contributed by atoms with Crippen molar-refractivity contribution in [3.63, 3.8) is 0 Å². The molecule has 0 atom stereocenters. The Balaban J connectivity index is 1.95. The molecule has 2 rings (SSSR count). The highest BCUT2D eigenvalue weighted by Gasteiger charge is 2.04. The normalized spacial score (nSPS) is 10.6. The minimum absolute atomic E-state index is 0.128. The highest BCUT2D eigenvalue weighted by Crippen LogP contribution is 2.16. The second-order valence-corrected chi connectivity index (χ2v) is 5.39. The average Bonchev–Trinajstić information content (AvgIpc) is 2.45. The molecular weight excluding hydrogens is 264 g/mol. The zero-order valence-electron chi connectivity index (χ0n) is 12.6. The van der Waals surface area contributed by atoms with Crippen LogP contribution >= 0.6 is 0 Å².